The molecule has 0 aliphatic heterocycles. The van der Waals surface area contributed by atoms with E-state index in [9.17, 15) is 26.4 Å². The van der Waals surface area contributed by atoms with Crippen molar-refractivity contribution in [2.24, 2.45) is 0 Å². The lowest BCUT2D eigenvalue weighted by Gasteiger charge is -2.15. The van der Waals surface area contributed by atoms with Crippen molar-refractivity contribution in [3.05, 3.63) is 118 Å². The summed E-state index contributed by atoms with van der Waals surface area (Å²) in [6.45, 7) is 0.588. The van der Waals surface area contributed by atoms with Gasteiger partial charge in [-0.05, 0) is 92.1 Å². The van der Waals surface area contributed by atoms with Crippen LogP contribution in [-0.4, -0.2) is 45.0 Å². The third kappa shape index (κ3) is 7.84. The Labute approximate surface area is 279 Å². The molecule has 0 aliphatic rings. The molecule has 0 fully saturated rings. The van der Waals surface area contributed by atoms with Gasteiger partial charge < -0.3 is 8.37 Å². The molecule has 2 N–H and O–H groups in total. The molecule has 0 atom stereocenters. The fourth-order valence-corrected chi connectivity index (χ4v) is 6.18. The maximum Gasteiger partial charge on any atom is 0.446 e. The molecular weight excluding hydrogens is 677 g/mol. The van der Waals surface area contributed by atoms with Crippen molar-refractivity contribution < 1.29 is 34.3 Å². The highest BCUT2D eigenvalue weighted by molar-refractivity contribution is 7.81. The van der Waals surface area contributed by atoms with Gasteiger partial charge in [-0.3, -0.25) is 27.8 Å². The zero-order valence-corrected chi connectivity index (χ0v) is 27.2. The Kier molecular flexibility index (Phi) is 9.29. The van der Waals surface area contributed by atoms with Crippen LogP contribution >= 0.6 is 0 Å². The van der Waals surface area contributed by atoms with Crippen molar-refractivity contribution in [1.29, 1.82) is 0 Å². The third-order valence-corrected chi connectivity index (χ3v) is 8.42. The standard InChI is InChI=1S/C33H28N4O10S2/c38-32-26-8-2-4-10-28(26)34-30(22-12-16-24(17-13-22)46-48(40,41)42)36(32)20-6-1-7-21-37-31(35-29-11-5-3-9-27(29)33(37)39)23-14-18-25(19-15-23)47-49(43,44)45/h2-5,8-19H,1,6-7,20-21H2,(H,40,41,42)(H,43,44,45). The van der Waals surface area contributed by atoms with E-state index in [0.717, 1.165) is 0 Å². The molecule has 2 aromatic heterocycles. The van der Waals surface area contributed by atoms with Crippen molar-refractivity contribution in [1.82, 2.24) is 19.1 Å². The predicted molar refractivity (Wildman–Crippen MR) is 181 cm³/mol. The number of nitrogens with zero attached hydrogens (tertiary/aromatic N) is 4. The number of unbranched alkanes of at least 4 members (excludes halogenated alkanes) is 2. The van der Waals surface area contributed by atoms with E-state index in [1.54, 1.807) is 57.7 Å². The minimum absolute atomic E-state index is 0.110. The summed E-state index contributed by atoms with van der Waals surface area (Å²) >= 11 is 0. The lowest BCUT2D eigenvalue weighted by Crippen LogP contribution is -2.24. The summed E-state index contributed by atoms with van der Waals surface area (Å²) < 4.78 is 74.5. The molecule has 0 amide bonds. The van der Waals surface area contributed by atoms with Crippen LogP contribution in [0, 0.1) is 0 Å². The van der Waals surface area contributed by atoms with Crippen molar-refractivity contribution in [3.8, 4) is 34.3 Å². The molecular formula is C33H28N4O10S2. The Morgan fingerprint density at radius 1 is 0.531 bits per heavy atom. The normalized spacial score (nSPS) is 12.0. The van der Waals surface area contributed by atoms with Gasteiger partial charge in [0.1, 0.15) is 23.1 Å². The van der Waals surface area contributed by atoms with Crippen molar-refractivity contribution in [2.45, 2.75) is 32.4 Å². The van der Waals surface area contributed by atoms with Gasteiger partial charge in [0.2, 0.25) is 0 Å². The molecule has 0 aliphatic carbocycles. The largest absolute Gasteiger partial charge is 0.446 e. The van der Waals surface area contributed by atoms with Gasteiger partial charge in [0.05, 0.1) is 21.8 Å². The minimum atomic E-state index is -4.71. The zero-order chi connectivity index (χ0) is 34.8. The molecule has 0 saturated heterocycles. The Bertz CT molecular complexity index is 2340. The lowest BCUT2D eigenvalue weighted by atomic mass is 10.1. The Balaban J connectivity index is 1.24. The highest BCUT2D eigenvalue weighted by atomic mass is 32.3. The minimum Gasteiger partial charge on any atom is -0.362 e. The monoisotopic (exact) mass is 704 g/mol. The first-order valence-electron chi connectivity index (χ1n) is 14.9. The van der Waals surface area contributed by atoms with Crippen LogP contribution in [0.25, 0.3) is 44.6 Å². The summed E-state index contributed by atoms with van der Waals surface area (Å²) in [5.74, 6) is 0.503. The van der Waals surface area contributed by atoms with Crippen molar-refractivity contribution >= 4 is 42.6 Å². The summed E-state index contributed by atoms with van der Waals surface area (Å²) in [5.41, 5.74) is 1.53. The predicted octanol–water partition coefficient (Wildman–Crippen LogP) is 4.67. The number of rotatable bonds is 12. The Hall–Kier alpha value is -5.42. The van der Waals surface area contributed by atoms with E-state index in [0.29, 0.717) is 76.9 Å². The smallest absolute Gasteiger partial charge is 0.362 e. The van der Waals surface area contributed by atoms with Gasteiger partial charge in [-0.15, -0.1) is 0 Å². The van der Waals surface area contributed by atoms with E-state index in [2.05, 4.69) is 8.37 Å². The molecule has 0 bridgehead atoms. The van der Waals surface area contributed by atoms with E-state index in [-0.39, 0.29) is 22.6 Å². The molecule has 252 valence electrons. The molecule has 4 aromatic carbocycles. The number of hydrogen-bond donors (Lipinski definition) is 2. The second-order valence-electron chi connectivity index (χ2n) is 11.0. The quantitative estimate of drug-likeness (QED) is 0.132. The average Bonchev–Trinajstić information content (AvgIpc) is 3.05. The number of para-hydroxylation sites is 2. The van der Waals surface area contributed by atoms with E-state index in [1.165, 1.54) is 48.5 Å². The zero-order valence-electron chi connectivity index (χ0n) is 25.5. The van der Waals surface area contributed by atoms with Gasteiger partial charge in [0, 0.05) is 24.2 Å². The van der Waals surface area contributed by atoms with Crippen LogP contribution < -0.4 is 19.5 Å². The molecule has 49 heavy (non-hydrogen) atoms. The molecule has 6 rings (SSSR count). The second kappa shape index (κ2) is 13.6. The highest BCUT2D eigenvalue weighted by Crippen LogP contribution is 2.25. The van der Waals surface area contributed by atoms with Gasteiger partial charge >= 0.3 is 20.8 Å². The molecule has 0 saturated carbocycles. The number of fused-ring (bicyclic) bond motifs is 2. The first-order chi connectivity index (χ1) is 23.4. The van der Waals surface area contributed by atoms with Crippen LogP contribution in [0.3, 0.4) is 0 Å². The molecule has 14 nitrogen and oxygen atoms in total. The maximum absolute atomic E-state index is 13.6. The van der Waals surface area contributed by atoms with Crippen LogP contribution in [0.4, 0.5) is 0 Å². The van der Waals surface area contributed by atoms with Gasteiger partial charge in [0.15, 0.2) is 0 Å². The van der Waals surface area contributed by atoms with E-state index in [1.807, 2.05) is 0 Å². The lowest BCUT2D eigenvalue weighted by molar-refractivity contribution is 0.384. The van der Waals surface area contributed by atoms with Gasteiger partial charge in [-0.25, -0.2) is 9.97 Å². The van der Waals surface area contributed by atoms with Gasteiger partial charge in [-0.1, -0.05) is 24.3 Å². The highest BCUT2D eigenvalue weighted by Gasteiger charge is 2.16. The Morgan fingerprint density at radius 3 is 1.27 bits per heavy atom. The fraction of sp³-hybridized carbons (Fsp3) is 0.152. The molecule has 0 spiro atoms. The van der Waals surface area contributed by atoms with E-state index >= 15 is 0 Å². The summed E-state index contributed by atoms with van der Waals surface area (Å²) in [7, 11) is -9.41. The van der Waals surface area contributed by atoms with Crippen LogP contribution in [0.5, 0.6) is 11.5 Å². The second-order valence-corrected chi connectivity index (χ2v) is 13.0. The van der Waals surface area contributed by atoms with Crippen LogP contribution in [0.15, 0.2) is 107 Å². The van der Waals surface area contributed by atoms with Crippen LogP contribution in [-0.2, 0) is 33.9 Å². The first-order valence-corrected chi connectivity index (χ1v) is 17.6. The van der Waals surface area contributed by atoms with Crippen LogP contribution in [0.2, 0.25) is 0 Å². The van der Waals surface area contributed by atoms with E-state index < -0.39 is 20.8 Å². The summed E-state index contributed by atoms with van der Waals surface area (Å²) in [6.07, 6.45) is 1.70. The molecule has 0 radical (unpaired) electrons. The van der Waals surface area contributed by atoms with E-state index in [4.69, 9.17) is 19.1 Å². The fourth-order valence-electron chi connectivity index (χ4n) is 5.47. The van der Waals surface area contributed by atoms with Gasteiger partial charge in [-0.2, -0.15) is 16.8 Å². The van der Waals surface area contributed by atoms with Crippen molar-refractivity contribution in [2.75, 3.05) is 0 Å². The molecule has 16 heteroatoms. The molecule has 0 unspecified atom stereocenters. The SMILES string of the molecule is O=c1c2ccccc2nc(-c2ccc(OS(=O)(=O)O)cc2)n1CCCCCn1c(-c2ccc(OS(=O)(=O)O)cc2)nc2ccccc2c1=O. The molecule has 2 heterocycles. The van der Waals surface area contributed by atoms with Gasteiger partial charge in [0.25, 0.3) is 11.1 Å². The topological polar surface area (TPSA) is 197 Å². The summed E-state index contributed by atoms with van der Waals surface area (Å²) in [6, 6.07) is 25.4. The summed E-state index contributed by atoms with van der Waals surface area (Å²) in [5, 5.41) is 0.869. The van der Waals surface area contributed by atoms with Crippen LogP contribution in [0.1, 0.15) is 19.3 Å². The molecule has 6 aromatic rings. The number of aromatic nitrogens is 4. The summed E-state index contributed by atoms with van der Waals surface area (Å²) in [4.78, 5) is 36.6. The Morgan fingerprint density at radius 2 is 0.898 bits per heavy atom. The number of hydrogen-bond acceptors (Lipinski definition) is 10. The maximum atomic E-state index is 13.6. The van der Waals surface area contributed by atoms with Crippen molar-refractivity contribution in [3.63, 3.8) is 0 Å². The average molecular weight is 705 g/mol. The number of benzene rings is 4. The first kappa shape index (κ1) is 33.5. The third-order valence-electron chi connectivity index (χ3n) is 7.61.